The maximum atomic E-state index is 12.6. The van der Waals surface area contributed by atoms with E-state index in [2.05, 4.69) is 13.8 Å². The largest absolute Gasteiger partial charge is 0.377 e. The Labute approximate surface area is 112 Å². The predicted octanol–water partition coefficient (Wildman–Crippen LogP) is 2.31. The number of fused-ring (bicyclic) bond motifs is 1. The minimum atomic E-state index is -2.55. The summed E-state index contributed by atoms with van der Waals surface area (Å²) in [5.74, 6) is -1.13. The molecule has 5 heteroatoms. The van der Waals surface area contributed by atoms with Crippen molar-refractivity contribution < 1.29 is 18.3 Å². The van der Waals surface area contributed by atoms with Gasteiger partial charge in [-0.2, -0.15) is 0 Å². The van der Waals surface area contributed by atoms with E-state index in [0.29, 0.717) is 23.7 Å². The molecule has 3 rings (SSSR count). The zero-order chi connectivity index (χ0) is 13.8. The molecule has 3 aliphatic rings. The highest BCUT2D eigenvalue weighted by molar-refractivity contribution is 5.77. The highest BCUT2D eigenvalue weighted by Crippen LogP contribution is 2.61. The van der Waals surface area contributed by atoms with Gasteiger partial charge in [-0.1, -0.05) is 13.8 Å². The van der Waals surface area contributed by atoms with Crippen molar-refractivity contribution in [2.24, 2.45) is 17.3 Å². The van der Waals surface area contributed by atoms with Crippen LogP contribution in [0.25, 0.3) is 0 Å². The minimum Gasteiger partial charge on any atom is -0.377 e. The first kappa shape index (κ1) is 13.3. The number of carbonyl (C=O) groups is 1. The van der Waals surface area contributed by atoms with Crippen LogP contribution in [-0.4, -0.2) is 42.5 Å². The van der Waals surface area contributed by atoms with Crippen LogP contribution in [-0.2, 0) is 9.53 Å². The van der Waals surface area contributed by atoms with E-state index in [4.69, 9.17) is 4.74 Å². The van der Waals surface area contributed by atoms with E-state index < -0.39 is 5.92 Å². The Morgan fingerprint density at radius 2 is 1.84 bits per heavy atom. The first-order valence-corrected chi connectivity index (χ1v) is 7.07. The smallest absolute Gasteiger partial charge is 0.253 e. The van der Waals surface area contributed by atoms with Gasteiger partial charge < -0.3 is 9.64 Å². The van der Waals surface area contributed by atoms with E-state index in [1.165, 1.54) is 0 Å². The van der Waals surface area contributed by atoms with Crippen molar-refractivity contribution in [1.82, 2.24) is 4.90 Å². The summed E-state index contributed by atoms with van der Waals surface area (Å²) in [6, 6.07) is 0. The molecule has 3 nitrogen and oxygen atoms in total. The molecular weight excluding hydrogens is 252 g/mol. The van der Waals surface area contributed by atoms with E-state index in [-0.39, 0.29) is 31.5 Å². The highest BCUT2D eigenvalue weighted by Gasteiger charge is 2.62. The third-order valence-corrected chi connectivity index (χ3v) is 5.20. The number of ether oxygens (including phenoxy) is 1. The SMILES string of the molecule is CC1(C)[C@@H]2CN(C(=O)CCOC3CC(F)(F)C3)C[C@@H]21. The summed E-state index contributed by atoms with van der Waals surface area (Å²) in [4.78, 5) is 13.8. The van der Waals surface area contributed by atoms with Crippen molar-refractivity contribution in [2.75, 3.05) is 19.7 Å². The summed E-state index contributed by atoms with van der Waals surface area (Å²) < 4.78 is 30.5. The van der Waals surface area contributed by atoms with E-state index in [9.17, 15) is 13.6 Å². The fraction of sp³-hybridized carbons (Fsp3) is 0.929. The fourth-order valence-corrected chi connectivity index (χ4v) is 3.53. The van der Waals surface area contributed by atoms with Gasteiger partial charge in [0, 0.05) is 25.9 Å². The van der Waals surface area contributed by atoms with E-state index in [1.54, 1.807) is 0 Å². The van der Waals surface area contributed by atoms with Gasteiger partial charge in [-0.25, -0.2) is 8.78 Å². The molecule has 0 bridgehead atoms. The molecule has 0 N–H and O–H groups in total. The summed E-state index contributed by atoms with van der Waals surface area (Å²) in [5, 5.41) is 0. The number of nitrogens with zero attached hydrogens (tertiary/aromatic N) is 1. The molecule has 0 unspecified atom stereocenters. The summed E-state index contributed by atoms with van der Waals surface area (Å²) >= 11 is 0. The summed E-state index contributed by atoms with van der Waals surface area (Å²) in [5.41, 5.74) is 0.408. The molecule has 0 aromatic rings. The Morgan fingerprint density at radius 3 is 2.37 bits per heavy atom. The van der Waals surface area contributed by atoms with Gasteiger partial charge in [0.05, 0.1) is 19.1 Å². The topological polar surface area (TPSA) is 29.5 Å². The maximum absolute atomic E-state index is 12.6. The third kappa shape index (κ3) is 2.37. The van der Waals surface area contributed by atoms with Crippen molar-refractivity contribution >= 4 is 5.91 Å². The number of halogens is 2. The number of piperidine rings is 1. The van der Waals surface area contributed by atoms with E-state index >= 15 is 0 Å². The molecule has 0 radical (unpaired) electrons. The van der Waals surface area contributed by atoms with Gasteiger partial charge in [-0.3, -0.25) is 4.79 Å². The van der Waals surface area contributed by atoms with Gasteiger partial charge in [-0.15, -0.1) is 0 Å². The molecular formula is C14H21F2NO2. The van der Waals surface area contributed by atoms with Gasteiger partial charge in [0.15, 0.2) is 0 Å². The Bertz CT molecular complexity index is 375. The Kier molecular flexibility index (Phi) is 2.89. The standard InChI is InChI=1S/C14H21F2NO2/c1-13(2)10-7-17(8-11(10)13)12(18)3-4-19-9-5-14(15,16)6-9/h9-11H,3-8H2,1-2H3/t10-,11+. The number of hydrogen-bond donors (Lipinski definition) is 0. The van der Waals surface area contributed by atoms with Crippen LogP contribution >= 0.6 is 0 Å². The van der Waals surface area contributed by atoms with Crippen molar-refractivity contribution in [1.29, 1.82) is 0 Å². The average molecular weight is 273 g/mol. The predicted molar refractivity (Wildman–Crippen MR) is 65.9 cm³/mol. The van der Waals surface area contributed by atoms with Gasteiger partial charge >= 0.3 is 0 Å². The molecule has 1 heterocycles. The molecule has 2 atom stereocenters. The molecule has 1 aliphatic heterocycles. The molecule has 1 saturated heterocycles. The summed E-state index contributed by atoms with van der Waals surface area (Å²) in [6.07, 6.45) is -0.414. The van der Waals surface area contributed by atoms with Crippen LogP contribution in [0.3, 0.4) is 0 Å². The second-order valence-electron chi connectivity index (χ2n) is 6.84. The zero-order valence-electron chi connectivity index (χ0n) is 11.5. The average Bonchev–Trinajstić information content (AvgIpc) is 2.65. The number of alkyl halides is 2. The third-order valence-electron chi connectivity index (χ3n) is 5.20. The van der Waals surface area contributed by atoms with Gasteiger partial charge in [0.2, 0.25) is 5.91 Å². The van der Waals surface area contributed by atoms with Crippen molar-refractivity contribution in [3.63, 3.8) is 0 Å². The lowest BCUT2D eigenvalue weighted by molar-refractivity contribution is -0.167. The van der Waals surface area contributed by atoms with Crippen LogP contribution < -0.4 is 0 Å². The molecule has 3 fully saturated rings. The van der Waals surface area contributed by atoms with Crippen LogP contribution in [0.4, 0.5) is 8.78 Å². The number of rotatable bonds is 4. The lowest BCUT2D eigenvalue weighted by atomic mass is 9.91. The minimum absolute atomic E-state index is 0.106. The van der Waals surface area contributed by atoms with Gasteiger partial charge in [-0.05, 0) is 17.3 Å². The first-order valence-electron chi connectivity index (χ1n) is 7.07. The first-order chi connectivity index (χ1) is 8.79. The van der Waals surface area contributed by atoms with Crippen LogP contribution in [0.2, 0.25) is 0 Å². The van der Waals surface area contributed by atoms with Gasteiger partial charge in [0.1, 0.15) is 0 Å². The van der Waals surface area contributed by atoms with E-state index in [0.717, 1.165) is 13.1 Å². The molecule has 1 amide bonds. The lowest BCUT2D eigenvalue weighted by Crippen LogP contribution is -2.42. The van der Waals surface area contributed by atoms with Crippen LogP contribution in [0.15, 0.2) is 0 Å². The molecule has 2 saturated carbocycles. The highest BCUT2D eigenvalue weighted by atomic mass is 19.3. The van der Waals surface area contributed by atoms with Gasteiger partial charge in [0.25, 0.3) is 5.92 Å². The Hall–Kier alpha value is -0.710. The lowest BCUT2D eigenvalue weighted by Gasteiger charge is -2.34. The summed E-state index contributed by atoms with van der Waals surface area (Å²) in [7, 11) is 0. The number of likely N-dealkylation sites (tertiary alicyclic amines) is 1. The zero-order valence-corrected chi connectivity index (χ0v) is 11.5. The maximum Gasteiger partial charge on any atom is 0.253 e. The molecule has 19 heavy (non-hydrogen) atoms. The number of amides is 1. The second kappa shape index (κ2) is 4.14. The normalized spacial score (nSPS) is 34.8. The number of hydrogen-bond acceptors (Lipinski definition) is 2. The molecule has 0 spiro atoms. The van der Waals surface area contributed by atoms with Crippen molar-refractivity contribution in [3.05, 3.63) is 0 Å². The van der Waals surface area contributed by atoms with Crippen molar-refractivity contribution in [2.45, 2.75) is 45.1 Å². The fourth-order valence-electron chi connectivity index (χ4n) is 3.53. The van der Waals surface area contributed by atoms with E-state index in [1.807, 2.05) is 4.90 Å². The Morgan fingerprint density at radius 1 is 1.26 bits per heavy atom. The molecule has 2 aliphatic carbocycles. The van der Waals surface area contributed by atoms with Crippen LogP contribution in [0.1, 0.15) is 33.1 Å². The molecule has 0 aromatic carbocycles. The summed E-state index contributed by atoms with van der Waals surface area (Å²) in [6.45, 7) is 6.50. The molecule has 108 valence electrons. The quantitative estimate of drug-likeness (QED) is 0.786. The van der Waals surface area contributed by atoms with Crippen molar-refractivity contribution in [3.8, 4) is 0 Å². The number of carbonyl (C=O) groups excluding carboxylic acids is 1. The van der Waals surface area contributed by atoms with Crippen LogP contribution in [0, 0.1) is 17.3 Å². The second-order valence-corrected chi connectivity index (χ2v) is 6.84. The van der Waals surface area contributed by atoms with Crippen LogP contribution in [0.5, 0.6) is 0 Å². The Balaban J connectivity index is 1.33. The molecule has 0 aromatic heterocycles. The monoisotopic (exact) mass is 273 g/mol.